The first kappa shape index (κ1) is 14.0. The number of hydrogen-bond acceptors (Lipinski definition) is 6. The summed E-state index contributed by atoms with van der Waals surface area (Å²) in [6.07, 6.45) is 0. The first-order valence-corrected chi connectivity index (χ1v) is 6.66. The maximum Gasteiger partial charge on any atom is 0.164 e. The van der Waals surface area contributed by atoms with E-state index in [0.29, 0.717) is 33.3 Å². The van der Waals surface area contributed by atoms with Crippen molar-refractivity contribution in [2.45, 2.75) is 13.8 Å². The number of nitrogens with one attached hydrogen (secondary N) is 1. The molecule has 1 heterocycles. The Balaban J connectivity index is 2.40. The molecule has 0 aliphatic rings. The molecule has 0 spiro atoms. The topological polar surface area (TPSA) is 75.0 Å². The van der Waals surface area contributed by atoms with Gasteiger partial charge in [0.15, 0.2) is 5.78 Å². The van der Waals surface area contributed by atoms with E-state index in [1.165, 1.54) is 25.6 Å². The van der Waals surface area contributed by atoms with E-state index in [4.69, 9.17) is 10.00 Å². The summed E-state index contributed by atoms with van der Waals surface area (Å²) in [5.74, 6) is 0.510. The molecule has 0 saturated heterocycles. The zero-order chi connectivity index (χ0) is 14.7. The number of nitriles is 1. The molecule has 0 amide bonds. The second kappa shape index (κ2) is 5.72. The molecule has 0 aliphatic heterocycles. The third-order valence-corrected chi connectivity index (χ3v) is 3.65. The summed E-state index contributed by atoms with van der Waals surface area (Å²) >= 11 is 1.23. The van der Waals surface area contributed by atoms with Crippen molar-refractivity contribution in [3.05, 3.63) is 35.0 Å². The molecule has 0 saturated carbocycles. The van der Waals surface area contributed by atoms with Crippen LogP contribution in [0.15, 0.2) is 18.2 Å². The van der Waals surface area contributed by atoms with E-state index >= 15 is 0 Å². The maximum absolute atomic E-state index is 11.6. The lowest BCUT2D eigenvalue weighted by atomic mass is 10.1. The van der Waals surface area contributed by atoms with Crippen LogP contribution in [0.25, 0.3) is 0 Å². The Hall–Kier alpha value is -2.39. The molecule has 0 radical (unpaired) electrons. The highest BCUT2D eigenvalue weighted by molar-refractivity contribution is 7.10. The minimum absolute atomic E-state index is 0.0358. The van der Waals surface area contributed by atoms with Gasteiger partial charge in [-0.05, 0) is 37.5 Å². The molecule has 2 rings (SSSR count). The fourth-order valence-corrected chi connectivity index (χ4v) is 2.71. The number of aromatic nitrogens is 1. The number of rotatable bonds is 4. The highest BCUT2D eigenvalue weighted by atomic mass is 32.1. The third kappa shape index (κ3) is 2.63. The number of ether oxygens (including phenoxy) is 1. The Morgan fingerprint density at radius 2 is 2.25 bits per heavy atom. The van der Waals surface area contributed by atoms with E-state index in [9.17, 15) is 4.79 Å². The van der Waals surface area contributed by atoms with Gasteiger partial charge in [0.05, 0.1) is 35.7 Å². The first-order valence-electron chi connectivity index (χ1n) is 5.89. The molecular weight excluding hydrogens is 274 g/mol. The van der Waals surface area contributed by atoms with Crippen LogP contribution in [0.4, 0.5) is 10.7 Å². The standard InChI is InChI=1S/C14H13N3O2S/c1-8-13(9(2)18)14(20-17-8)16-11-5-4-10(7-15)6-12(11)19-3/h4-6,16H,1-3H3. The molecule has 20 heavy (non-hydrogen) atoms. The van der Waals surface area contributed by atoms with Crippen LogP contribution in [0.2, 0.25) is 0 Å². The lowest BCUT2D eigenvalue weighted by molar-refractivity contribution is 0.101. The average molecular weight is 287 g/mol. The van der Waals surface area contributed by atoms with Gasteiger partial charge in [0.2, 0.25) is 0 Å². The summed E-state index contributed by atoms with van der Waals surface area (Å²) in [7, 11) is 1.53. The van der Waals surface area contributed by atoms with Crippen molar-refractivity contribution in [1.29, 1.82) is 5.26 Å². The van der Waals surface area contributed by atoms with Crippen molar-refractivity contribution in [3.8, 4) is 11.8 Å². The number of Topliss-reactive ketones (excluding diaryl/α,β-unsaturated/α-hetero) is 1. The Kier molecular flexibility index (Phi) is 4.01. The van der Waals surface area contributed by atoms with Crippen LogP contribution in [0, 0.1) is 18.3 Å². The van der Waals surface area contributed by atoms with Gasteiger partial charge < -0.3 is 10.1 Å². The molecule has 0 atom stereocenters. The van der Waals surface area contributed by atoms with Crippen LogP contribution < -0.4 is 10.1 Å². The lowest BCUT2D eigenvalue weighted by Crippen LogP contribution is -2.00. The van der Waals surface area contributed by atoms with E-state index in [1.54, 1.807) is 25.1 Å². The summed E-state index contributed by atoms with van der Waals surface area (Å²) in [6.45, 7) is 3.31. The molecule has 0 aliphatic carbocycles. The van der Waals surface area contributed by atoms with Crippen molar-refractivity contribution in [2.75, 3.05) is 12.4 Å². The summed E-state index contributed by atoms with van der Waals surface area (Å²) in [5, 5.41) is 12.7. The number of carbonyl (C=O) groups excluding carboxylic acids is 1. The van der Waals surface area contributed by atoms with Gasteiger partial charge in [0, 0.05) is 6.07 Å². The Bertz CT molecular complexity index is 701. The number of hydrogen-bond donors (Lipinski definition) is 1. The van der Waals surface area contributed by atoms with Gasteiger partial charge in [-0.2, -0.15) is 9.64 Å². The predicted molar refractivity (Wildman–Crippen MR) is 77.8 cm³/mol. The number of benzene rings is 1. The third-order valence-electron chi connectivity index (χ3n) is 2.79. The lowest BCUT2D eigenvalue weighted by Gasteiger charge is -2.10. The maximum atomic E-state index is 11.6. The van der Waals surface area contributed by atoms with E-state index in [1.807, 2.05) is 0 Å². The molecule has 6 heteroatoms. The second-order valence-electron chi connectivity index (χ2n) is 4.18. The van der Waals surface area contributed by atoms with Gasteiger partial charge in [-0.25, -0.2) is 0 Å². The summed E-state index contributed by atoms with van der Waals surface area (Å²) in [6, 6.07) is 7.13. The second-order valence-corrected chi connectivity index (χ2v) is 4.95. The van der Waals surface area contributed by atoms with Crippen molar-refractivity contribution >= 4 is 28.0 Å². The number of aryl methyl sites for hydroxylation is 1. The number of ketones is 1. The fraction of sp³-hybridized carbons (Fsp3) is 0.214. The quantitative estimate of drug-likeness (QED) is 0.873. The normalized spacial score (nSPS) is 9.90. The van der Waals surface area contributed by atoms with Gasteiger partial charge >= 0.3 is 0 Å². The number of nitrogens with zero attached hydrogens (tertiary/aromatic N) is 2. The van der Waals surface area contributed by atoms with Crippen LogP contribution in [-0.4, -0.2) is 17.3 Å². The summed E-state index contributed by atoms with van der Waals surface area (Å²) < 4.78 is 9.44. The zero-order valence-electron chi connectivity index (χ0n) is 11.4. The highest BCUT2D eigenvalue weighted by Gasteiger charge is 2.16. The Morgan fingerprint density at radius 1 is 1.50 bits per heavy atom. The van der Waals surface area contributed by atoms with Gasteiger partial charge in [-0.15, -0.1) is 0 Å². The molecule has 0 bridgehead atoms. The zero-order valence-corrected chi connectivity index (χ0v) is 12.2. The van der Waals surface area contributed by atoms with Crippen LogP contribution in [0.1, 0.15) is 28.5 Å². The first-order chi connectivity index (χ1) is 9.56. The van der Waals surface area contributed by atoms with Crippen LogP contribution in [0.3, 0.4) is 0 Å². The Morgan fingerprint density at radius 3 is 2.85 bits per heavy atom. The molecule has 0 fully saturated rings. The minimum atomic E-state index is -0.0358. The van der Waals surface area contributed by atoms with E-state index < -0.39 is 0 Å². The van der Waals surface area contributed by atoms with Crippen molar-refractivity contribution in [2.24, 2.45) is 0 Å². The summed E-state index contributed by atoms with van der Waals surface area (Å²) in [5.41, 5.74) is 2.50. The minimum Gasteiger partial charge on any atom is -0.495 e. The molecule has 5 nitrogen and oxygen atoms in total. The molecular formula is C14H13N3O2S. The van der Waals surface area contributed by atoms with Crippen molar-refractivity contribution in [1.82, 2.24) is 4.37 Å². The predicted octanol–water partition coefficient (Wildman–Crippen LogP) is 3.28. The molecule has 1 aromatic carbocycles. The van der Waals surface area contributed by atoms with Crippen molar-refractivity contribution in [3.63, 3.8) is 0 Å². The van der Waals surface area contributed by atoms with Gasteiger partial charge in [0.25, 0.3) is 0 Å². The highest BCUT2D eigenvalue weighted by Crippen LogP contribution is 2.33. The molecule has 102 valence electrons. The smallest absolute Gasteiger partial charge is 0.164 e. The number of anilines is 2. The summed E-state index contributed by atoms with van der Waals surface area (Å²) in [4.78, 5) is 11.6. The average Bonchev–Trinajstić information content (AvgIpc) is 2.80. The monoisotopic (exact) mass is 287 g/mol. The van der Waals surface area contributed by atoms with E-state index in [0.717, 1.165) is 0 Å². The largest absolute Gasteiger partial charge is 0.495 e. The van der Waals surface area contributed by atoms with Gasteiger partial charge in [0.1, 0.15) is 10.8 Å². The molecule has 2 aromatic rings. The number of methoxy groups -OCH3 is 1. The molecule has 1 aromatic heterocycles. The van der Waals surface area contributed by atoms with Crippen LogP contribution >= 0.6 is 11.5 Å². The van der Waals surface area contributed by atoms with Crippen LogP contribution in [-0.2, 0) is 0 Å². The van der Waals surface area contributed by atoms with Crippen LogP contribution in [0.5, 0.6) is 5.75 Å². The molecule has 1 N–H and O–H groups in total. The van der Waals surface area contributed by atoms with Gasteiger partial charge in [-0.1, -0.05) is 0 Å². The van der Waals surface area contributed by atoms with E-state index in [2.05, 4.69) is 15.8 Å². The fourth-order valence-electron chi connectivity index (χ4n) is 1.86. The SMILES string of the molecule is COc1cc(C#N)ccc1Nc1snc(C)c1C(C)=O. The van der Waals surface area contributed by atoms with Gasteiger partial charge in [-0.3, -0.25) is 4.79 Å². The Labute approximate surface area is 121 Å². The molecule has 0 unspecified atom stereocenters. The van der Waals surface area contributed by atoms with Crippen molar-refractivity contribution < 1.29 is 9.53 Å². The number of carbonyl (C=O) groups is 1. The van der Waals surface area contributed by atoms with E-state index in [-0.39, 0.29) is 5.78 Å².